The Balaban J connectivity index is 1.33. The van der Waals surface area contributed by atoms with Gasteiger partial charge in [-0.25, -0.2) is 17.6 Å². The van der Waals surface area contributed by atoms with E-state index in [1.807, 2.05) is 0 Å². The number of methoxy groups -OCH3 is 1. The maximum Gasteiger partial charge on any atom is 0.387 e. The Labute approximate surface area is 258 Å². The largest absolute Gasteiger partial charge is 0.496 e. The lowest BCUT2D eigenvalue weighted by Gasteiger charge is -2.38. The number of ether oxygens (including phenoxy) is 2. The minimum atomic E-state index is -3.33. The quantitative estimate of drug-likeness (QED) is 0.230. The number of hydrogen-bond acceptors (Lipinski definition) is 7. The van der Waals surface area contributed by atoms with Crippen molar-refractivity contribution in [1.29, 1.82) is 5.26 Å². The van der Waals surface area contributed by atoms with Gasteiger partial charge in [0.15, 0.2) is 0 Å². The fourth-order valence-corrected chi connectivity index (χ4v) is 5.65. The molecule has 46 heavy (non-hydrogen) atoms. The van der Waals surface area contributed by atoms with Crippen LogP contribution in [0.25, 0.3) is 33.3 Å². The van der Waals surface area contributed by atoms with Crippen LogP contribution in [0.5, 0.6) is 11.5 Å². The molecule has 1 amide bonds. The van der Waals surface area contributed by atoms with Gasteiger partial charge in [0.2, 0.25) is 0 Å². The molecule has 16 heteroatoms. The van der Waals surface area contributed by atoms with Gasteiger partial charge in [0.1, 0.15) is 17.1 Å². The van der Waals surface area contributed by atoms with Gasteiger partial charge in [-0.15, -0.1) is 0 Å². The lowest BCUT2D eigenvalue weighted by molar-refractivity contribution is -0.131. The molecule has 2 aliphatic rings. The molecule has 1 saturated carbocycles. The number of nitriles is 1. The van der Waals surface area contributed by atoms with Crippen LogP contribution in [0.4, 0.5) is 26.3 Å². The smallest absolute Gasteiger partial charge is 0.387 e. The fourth-order valence-electron chi connectivity index (χ4n) is 5.65. The summed E-state index contributed by atoms with van der Waals surface area (Å²) in [5, 5.41) is 21.7. The Morgan fingerprint density at radius 1 is 1.11 bits per heavy atom. The van der Waals surface area contributed by atoms with Gasteiger partial charge in [0.25, 0.3) is 17.8 Å². The summed E-state index contributed by atoms with van der Waals surface area (Å²) in [5.74, 6) is -8.23. The highest BCUT2D eigenvalue weighted by Crippen LogP contribution is 2.48. The van der Waals surface area contributed by atoms with Gasteiger partial charge in [0, 0.05) is 55.2 Å². The summed E-state index contributed by atoms with van der Waals surface area (Å²) in [6, 6.07) is 8.06. The van der Waals surface area contributed by atoms with E-state index in [1.165, 1.54) is 23.9 Å². The molecule has 0 bridgehead atoms. The number of benzene rings is 2. The van der Waals surface area contributed by atoms with Crippen LogP contribution >= 0.6 is 0 Å². The van der Waals surface area contributed by atoms with E-state index < -0.39 is 41.6 Å². The first-order chi connectivity index (χ1) is 21.8. The number of carbonyl (C=O) groups excluding carboxylic acids is 1. The van der Waals surface area contributed by atoms with E-state index in [0.717, 1.165) is 0 Å². The molecule has 3 heterocycles. The highest BCUT2D eigenvalue weighted by atomic mass is 19.3. The molecule has 0 unspecified atom stereocenters. The first-order valence-corrected chi connectivity index (χ1v) is 14.2. The molecule has 2 fully saturated rings. The van der Waals surface area contributed by atoms with Crippen molar-refractivity contribution >= 4 is 16.8 Å². The third kappa shape index (κ3) is 6.06. The third-order valence-corrected chi connectivity index (χ3v) is 8.05. The Kier molecular flexibility index (Phi) is 7.83. The van der Waals surface area contributed by atoms with E-state index in [-0.39, 0.29) is 42.9 Å². The van der Waals surface area contributed by atoms with Crippen molar-refractivity contribution in [3.05, 3.63) is 47.8 Å². The highest BCUT2D eigenvalue weighted by Gasteiger charge is 2.56. The summed E-state index contributed by atoms with van der Waals surface area (Å²) < 4.78 is 93.1. The second kappa shape index (κ2) is 11.5. The number of fused-ring (bicyclic) bond motifs is 1. The topological polar surface area (TPSA) is 110 Å². The lowest BCUT2D eigenvalue weighted by atomic mass is 9.97. The summed E-state index contributed by atoms with van der Waals surface area (Å²) in [4.78, 5) is 14.6. The number of nitrogens with one attached hydrogen (secondary N) is 1. The molecule has 4 aromatic rings. The van der Waals surface area contributed by atoms with Gasteiger partial charge in [-0.1, -0.05) is 0 Å². The van der Waals surface area contributed by atoms with Crippen molar-refractivity contribution in [3.8, 4) is 40.0 Å². The molecule has 6 rings (SSSR count). The summed E-state index contributed by atoms with van der Waals surface area (Å²) in [7, 11) is 2.80. The SMILES string of the molecule is COc1cc(-c2c3c(C#N)cc(-c4cnn(CCN5CC(F)(F)C5)c4)cc3nn2C)cc(OC(F)F)c1C(=O)NC[C@H]1CC1(F)F. The van der Waals surface area contributed by atoms with Crippen LogP contribution in [-0.4, -0.2) is 82.1 Å². The summed E-state index contributed by atoms with van der Waals surface area (Å²) in [6.45, 7) is -3.46. The Morgan fingerprint density at radius 2 is 1.83 bits per heavy atom. The molecule has 1 aliphatic carbocycles. The van der Waals surface area contributed by atoms with Gasteiger partial charge >= 0.3 is 6.61 Å². The van der Waals surface area contributed by atoms with Crippen molar-refractivity contribution in [2.24, 2.45) is 13.0 Å². The van der Waals surface area contributed by atoms with Crippen LogP contribution in [0, 0.1) is 17.2 Å². The lowest BCUT2D eigenvalue weighted by Crippen LogP contribution is -2.56. The summed E-state index contributed by atoms with van der Waals surface area (Å²) >= 11 is 0. The summed E-state index contributed by atoms with van der Waals surface area (Å²) in [6.07, 6.45) is 2.94. The molecular formula is C30H27F6N7O3. The Morgan fingerprint density at radius 3 is 2.46 bits per heavy atom. The summed E-state index contributed by atoms with van der Waals surface area (Å²) in [5.41, 5.74) is 2.04. The van der Waals surface area contributed by atoms with Gasteiger partial charge in [0.05, 0.1) is 55.8 Å². The van der Waals surface area contributed by atoms with Crippen LogP contribution in [0.3, 0.4) is 0 Å². The van der Waals surface area contributed by atoms with E-state index in [2.05, 4.69) is 26.3 Å². The Bertz CT molecular complexity index is 1860. The predicted octanol–water partition coefficient (Wildman–Crippen LogP) is 4.92. The molecule has 2 aromatic heterocycles. The second-order valence-corrected chi connectivity index (χ2v) is 11.4. The van der Waals surface area contributed by atoms with Crippen molar-refractivity contribution in [3.63, 3.8) is 0 Å². The molecule has 0 radical (unpaired) electrons. The molecule has 0 spiro atoms. The first-order valence-electron chi connectivity index (χ1n) is 14.2. The standard InChI is InChI=1S/C30H27F6N7O3/c1-41-26(17-7-22(45-2)25(23(8-17)46-28(31)32)27(44)38-12-20-9-30(20,35)36)24-18(10-37)5-16(6-21(24)40-41)19-11-39-43(13-19)4-3-42-14-29(33,34)15-42/h5-8,11,13,20,28H,3-4,9,12,14-15H2,1-2H3,(H,38,44)/t20-/m1/s1. The average molecular weight is 648 g/mol. The van der Waals surface area contributed by atoms with Gasteiger partial charge in [-0.05, 0) is 29.8 Å². The molecule has 1 aliphatic heterocycles. The number of aryl methyl sites for hydroxylation is 1. The maximum absolute atomic E-state index is 13.5. The van der Waals surface area contributed by atoms with Crippen LogP contribution < -0.4 is 14.8 Å². The van der Waals surface area contributed by atoms with Crippen molar-refractivity contribution < 1.29 is 40.6 Å². The van der Waals surface area contributed by atoms with Crippen molar-refractivity contribution in [2.45, 2.75) is 31.4 Å². The van der Waals surface area contributed by atoms with E-state index >= 15 is 0 Å². The van der Waals surface area contributed by atoms with Gasteiger partial charge < -0.3 is 14.8 Å². The number of halogens is 6. The van der Waals surface area contributed by atoms with Gasteiger partial charge in [-0.2, -0.15) is 24.2 Å². The van der Waals surface area contributed by atoms with E-state index in [0.29, 0.717) is 40.8 Å². The number of likely N-dealkylation sites (tertiary alicyclic amines) is 1. The monoisotopic (exact) mass is 647 g/mol. The molecule has 242 valence electrons. The van der Waals surface area contributed by atoms with E-state index in [9.17, 15) is 36.4 Å². The number of rotatable bonds is 11. The van der Waals surface area contributed by atoms with E-state index in [1.54, 1.807) is 41.2 Å². The van der Waals surface area contributed by atoms with Crippen LogP contribution in [-0.2, 0) is 13.6 Å². The third-order valence-electron chi connectivity index (χ3n) is 8.05. The fraction of sp³-hybridized carbons (Fsp3) is 0.400. The molecule has 1 atom stereocenters. The predicted molar refractivity (Wildman–Crippen MR) is 152 cm³/mol. The highest BCUT2D eigenvalue weighted by molar-refractivity contribution is 6.03. The minimum absolute atomic E-state index is 0.160. The minimum Gasteiger partial charge on any atom is -0.496 e. The molecule has 1 saturated heterocycles. The van der Waals surface area contributed by atoms with Crippen molar-refractivity contribution in [1.82, 2.24) is 29.8 Å². The number of amides is 1. The molecule has 1 N–H and O–H groups in total. The molecular weight excluding hydrogens is 620 g/mol. The normalized spacial score (nSPS) is 18.3. The van der Waals surface area contributed by atoms with Crippen LogP contribution in [0.2, 0.25) is 0 Å². The zero-order chi connectivity index (χ0) is 33.0. The van der Waals surface area contributed by atoms with Crippen LogP contribution in [0.1, 0.15) is 22.3 Å². The first kappa shape index (κ1) is 31.2. The number of alkyl halides is 6. The average Bonchev–Trinajstić information content (AvgIpc) is 3.27. The zero-order valence-corrected chi connectivity index (χ0v) is 24.5. The number of hydrogen-bond donors (Lipinski definition) is 1. The molecule has 2 aromatic carbocycles. The van der Waals surface area contributed by atoms with Crippen molar-refractivity contribution in [2.75, 3.05) is 33.3 Å². The number of nitrogens with zero attached hydrogens (tertiary/aromatic N) is 6. The maximum atomic E-state index is 13.5. The Hall–Kier alpha value is -4.78. The second-order valence-electron chi connectivity index (χ2n) is 11.4. The van der Waals surface area contributed by atoms with E-state index in [4.69, 9.17) is 4.74 Å². The molecule has 10 nitrogen and oxygen atoms in total. The number of aromatic nitrogens is 4. The van der Waals surface area contributed by atoms with Crippen LogP contribution in [0.15, 0.2) is 36.7 Å². The van der Waals surface area contributed by atoms with Gasteiger partial charge in [-0.3, -0.25) is 19.1 Å². The number of carbonyl (C=O) groups is 1. The zero-order valence-electron chi connectivity index (χ0n) is 24.5.